The minimum atomic E-state index is -0.370. The largest absolute Gasteiger partial charge is 0.496 e. The summed E-state index contributed by atoms with van der Waals surface area (Å²) in [6, 6.07) is 4.87. The maximum atomic E-state index is 12.2. The lowest BCUT2D eigenvalue weighted by Crippen LogP contribution is -2.61. The summed E-state index contributed by atoms with van der Waals surface area (Å²) in [6.45, 7) is 3.87. The fourth-order valence-electron chi connectivity index (χ4n) is 2.24. The summed E-state index contributed by atoms with van der Waals surface area (Å²) in [5.74, 6) is 0.237. The molecule has 0 spiro atoms. The number of benzene rings is 1. The van der Waals surface area contributed by atoms with Crippen molar-refractivity contribution < 1.29 is 14.6 Å². The van der Waals surface area contributed by atoms with Gasteiger partial charge in [0.1, 0.15) is 5.75 Å². The second kappa shape index (κ2) is 5.02. The van der Waals surface area contributed by atoms with Crippen molar-refractivity contribution in [2.75, 3.05) is 7.11 Å². The lowest BCUT2D eigenvalue weighted by molar-refractivity contribution is -0.0689. The van der Waals surface area contributed by atoms with E-state index in [1.54, 1.807) is 18.2 Å². The van der Waals surface area contributed by atoms with Crippen LogP contribution in [0.3, 0.4) is 0 Å². The molecule has 1 aliphatic carbocycles. The van der Waals surface area contributed by atoms with E-state index in [2.05, 4.69) is 5.32 Å². The van der Waals surface area contributed by atoms with Gasteiger partial charge in [-0.15, -0.1) is 0 Å². The van der Waals surface area contributed by atoms with Gasteiger partial charge in [0.15, 0.2) is 0 Å². The Morgan fingerprint density at radius 2 is 2.21 bits per heavy atom. The zero-order valence-electron chi connectivity index (χ0n) is 11.2. The van der Waals surface area contributed by atoms with E-state index in [-0.39, 0.29) is 23.5 Å². The van der Waals surface area contributed by atoms with Crippen LogP contribution in [0.1, 0.15) is 30.6 Å². The van der Waals surface area contributed by atoms with Crippen LogP contribution in [0, 0.1) is 5.41 Å². The number of hydrogen-bond acceptors (Lipinski definition) is 3. The van der Waals surface area contributed by atoms with Crippen LogP contribution < -0.4 is 10.1 Å². The van der Waals surface area contributed by atoms with E-state index < -0.39 is 0 Å². The number of methoxy groups -OCH3 is 1. The first kappa shape index (κ1) is 14.2. The van der Waals surface area contributed by atoms with E-state index >= 15 is 0 Å². The lowest BCUT2D eigenvalue weighted by Gasteiger charge is -2.49. The highest BCUT2D eigenvalue weighted by atomic mass is 35.5. The van der Waals surface area contributed by atoms with Crippen LogP contribution in [0.5, 0.6) is 5.75 Å². The van der Waals surface area contributed by atoms with Gasteiger partial charge in [0, 0.05) is 16.5 Å². The van der Waals surface area contributed by atoms with E-state index in [1.165, 1.54) is 7.11 Å². The second-order valence-electron chi connectivity index (χ2n) is 5.44. The van der Waals surface area contributed by atoms with Crippen molar-refractivity contribution in [3.05, 3.63) is 28.8 Å². The van der Waals surface area contributed by atoms with E-state index in [0.717, 1.165) is 0 Å². The first-order chi connectivity index (χ1) is 8.86. The SMILES string of the molecule is COc1cc(Cl)ccc1C(=O)NC1CC(O)C1(C)C. The van der Waals surface area contributed by atoms with Crippen molar-refractivity contribution >= 4 is 17.5 Å². The molecule has 0 radical (unpaired) electrons. The quantitative estimate of drug-likeness (QED) is 0.894. The molecule has 2 rings (SSSR count). The Morgan fingerprint density at radius 1 is 1.53 bits per heavy atom. The predicted octanol–water partition coefficient (Wildman–Crippen LogP) is 2.24. The topological polar surface area (TPSA) is 58.6 Å². The fraction of sp³-hybridized carbons (Fsp3) is 0.500. The first-order valence-corrected chi connectivity index (χ1v) is 6.56. The van der Waals surface area contributed by atoms with E-state index in [0.29, 0.717) is 22.8 Å². The zero-order chi connectivity index (χ0) is 14.2. The van der Waals surface area contributed by atoms with Gasteiger partial charge in [0.05, 0.1) is 18.8 Å². The predicted molar refractivity (Wildman–Crippen MR) is 73.7 cm³/mol. The van der Waals surface area contributed by atoms with Gasteiger partial charge in [-0.3, -0.25) is 4.79 Å². The number of carbonyl (C=O) groups is 1. The number of carbonyl (C=O) groups excluding carboxylic acids is 1. The lowest BCUT2D eigenvalue weighted by atomic mass is 9.64. The Kier molecular flexibility index (Phi) is 3.74. The van der Waals surface area contributed by atoms with Gasteiger partial charge in [-0.25, -0.2) is 0 Å². The maximum Gasteiger partial charge on any atom is 0.255 e. The third kappa shape index (κ3) is 2.55. The standard InChI is InChI=1S/C14H18ClNO3/c1-14(2)11(7-12(14)17)16-13(18)9-5-4-8(15)6-10(9)19-3/h4-6,11-12,17H,7H2,1-3H3,(H,16,18). The van der Waals surface area contributed by atoms with Gasteiger partial charge in [-0.05, 0) is 24.6 Å². The molecule has 1 fully saturated rings. The van der Waals surface area contributed by atoms with Crippen molar-refractivity contribution in [3.63, 3.8) is 0 Å². The Bertz CT molecular complexity index is 501. The summed E-state index contributed by atoms with van der Waals surface area (Å²) in [4.78, 5) is 12.2. The molecule has 0 saturated heterocycles. The third-order valence-corrected chi connectivity index (χ3v) is 4.16. The van der Waals surface area contributed by atoms with Crippen molar-refractivity contribution in [2.45, 2.75) is 32.4 Å². The highest BCUT2D eigenvalue weighted by molar-refractivity contribution is 6.30. The molecule has 104 valence electrons. The number of rotatable bonds is 3. The smallest absolute Gasteiger partial charge is 0.255 e. The van der Waals surface area contributed by atoms with Crippen LogP contribution in [0.25, 0.3) is 0 Å². The van der Waals surface area contributed by atoms with Crippen LogP contribution in [0.15, 0.2) is 18.2 Å². The molecule has 2 N–H and O–H groups in total. The van der Waals surface area contributed by atoms with Gasteiger partial charge >= 0.3 is 0 Å². The van der Waals surface area contributed by atoms with Crippen LogP contribution in [0.2, 0.25) is 5.02 Å². The molecule has 1 aliphatic rings. The summed E-state index contributed by atoms with van der Waals surface area (Å²) in [7, 11) is 1.50. The van der Waals surface area contributed by atoms with Gasteiger partial charge in [0.25, 0.3) is 5.91 Å². The molecule has 1 aromatic rings. The fourth-order valence-corrected chi connectivity index (χ4v) is 2.40. The van der Waals surface area contributed by atoms with Gasteiger partial charge < -0.3 is 15.2 Å². The normalized spacial score (nSPS) is 24.5. The number of hydrogen-bond donors (Lipinski definition) is 2. The molecule has 0 bridgehead atoms. The molecule has 19 heavy (non-hydrogen) atoms. The van der Waals surface area contributed by atoms with Gasteiger partial charge in [-0.2, -0.15) is 0 Å². The molecular weight excluding hydrogens is 266 g/mol. The number of aliphatic hydroxyl groups excluding tert-OH is 1. The average Bonchev–Trinajstić information content (AvgIpc) is 2.38. The Hall–Kier alpha value is -1.26. The molecular formula is C14H18ClNO3. The van der Waals surface area contributed by atoms with E-state index in [9.17, 15) is 9.90 Å². The number of ether oxygens (including phenoxy) is 1. The molecule has 1 saturated carbocycles. The first-order valence-electron chi connectivity index (χ1n) is 6.18. The highest BCUT2D eigenvalue weighted by Gasteiger charge is 2.48. The summed E-state index contributed by atoms with van der Waals surface area (Å²) in [5, 5.41) is 13.1. The van der Waals surface area contributed by atoms with Crippen LogP contribution in [-0.2, 0) is 0 Å². The molecule has 0 aliphatic heterocycles. The highest BCUT2D eigenvalue weighted by Crippen LogP contribution is 2.40. The molecule has 1 amide bonds. The average molecular weight is 284 g/mol. The van der Waals surface area contributed by atoms with Crippen LogP contribution in [0.4, 0.5) is 0 Å². The van der Waals surface area contributed by atoms with Crippen molar-refractivity contribution in [1.82, 2.24) is 5.32 Å². The molecule has 2 unspecified atom stereocenters. The van der Waals surface area contributed by atoms with Crippen molar-refractivity contribution in [2.24, 2.45) is 5.41 Å². The maximum absolute atomic E-state index is 12.2. The van der Waals surface area contributed by atoms with Crippen molar-refractivity contribution in [3.8, 4) is 5.75 Å². The number of amides is 1. The molecule has 2 atom stereocenters. The second-order valence-corrected chi connectivity index (χ2v) is 5.88. The van der Waals surface area contributed by atoms with Gasteiger partial charge in [-0.1, -0.05) is 25.4 Å². The zero-order valence-corrected chi connectivity index (χ0v) is 12.0. The Morgan fingerprint density at radius 3 is 2.74 bits per heavy atom. The summed E-state index contributed by atoms with van der Waals surface area (Å²) < 4.78 is 5.16. The number of aliphatic hydroxyl groups is 1. The molecule has 4 nitrogen and oxygen atoms in total. The number of halogens is 1. The summed E-state index contributed by atoms with van der Waals surface area (Å²) in [5.41, 5.74) is 0.152. The van der Waals surface area contributed by atoms with Crippen molar-refractivity contribution in [1.29, 1.82) is 0 Å². The molecule has 1 aromatic carbocycles. The summed E-state index contributed by atoms with van der Waals surface area (Å²) >= 11 is 5.86. The molecule has 0 heterocycles. The summed E-state index contributed by atoms with van der Waals surface area (Å²) in [6.07, 6.45) is 0.208. The Balaban J connectivity index is 2.13. The van der Waals surface area contributed by atoms with Gasteiger partial charge in [0.2, 0.25) is 0 Å². The Labute approximate surface area is 117 Å². The molecule has 0 aromatic heterocycles. The molecule has 5 heteroatoms. The van der Waals surface area contributed by atoms with Crippen LogP contribution in [-0.4, -0.2) is 30.3 Å². The minimum absolute atomic E-state index is 0.0321. The van der Waals surface area contributed by atoms with E-state index in [1.807, 2.05) is 13.8 Å². The van der Waals surface area contributed by atoms with E-state index in [4.69, 9.17) is 16.3 Å². The number of nitrogens with one attached hydrogen (secondary N) is 1. The monoisotopic (exact) mass is 283 g/mol. The minimum Gasteiger partial charge on any atom is -0.496 e. The third-order valence-electron chi connectivity index (χ3n) is 3.93. The van der Waals surface area contributed by atoms with Crippen LogP contribution >= 0.6 is 11.6 Å².